The zero-order valence-corrected chi connectivity index (χ0v) is 49.5. The van der Waals surface area contributed by atoms with Crippen LogP contribution in [-0.4, -0.2) is 97.7 Å². The highest BCUT2D eigenvalue weighted by molar-refractivity contribution is 8.77. The predicted octanol–water partition coefficient (Wildman–Crippen LogP) is 12.6. The molecule has 6 aromatic rings. The molecule has 11 nitrogen and oxygen atoms in total. The van der Waals surface area contributed by atoms with Crippen molar-refractivity contribution in [2.45, 2.75) is 137 Å². The molecule has 0 saturated heterocycles. The van der Waals surface area contributed by atoms with Crippen molar-refractivity contribution in [1.29, 1.82) is 0 Å². The average molecular weight is 1160 g/mol. The molecule has 0 amide bonds. The maximum Gasteiger partial charge on any atom is 0.164 e. The Labute approximate surface area is 487 Å². The van der Waals surface area contributed by atoms with Gasteiger partial charge in [-0.3, -0.25) is 4.79 Å². The van der Waals surface area contributed by atoms with E-state index in [2.05, 4.69) is 47.6 Å². The molecule has 0 spiro atoms. The molecule has 8 N–H and O–H groups in total. The molecular weight excluding hydrogens is 1080 g/mol. The number of phenolic OH excluding ortho intramolecular Hbond substituents is 3. The zero-order chi connectivity index (χ0) is 55.7. The lowest BCUT2D eigenvalue weighted by atomic mass is 9.52. The van der Waals surface area contributed by atoms with Crippen LogP contribution in [0.15, 0.2) is 97.3 Å². The molecule has 3 saturated carbocycles. The molecule has 1 aromatic heterocycles. The minimum absolute atomic E-state index is 0.00250. The topological polar surface area (TPSA) is 185 Å². The van der Waals surface area contributed by atoms with E-state index >= 15 is 4.79 Å². The minimum Gasteiger partial charge on any atom is -0.508 e. The molecule has 80 heavy (non-hydrogen) atoms. The van der Waals surface area contributed by atoms with Gasteiger partial charge in [-0.05, 0) is 168 Å². The Bertz CT molecular complexity index is 3150. The number of benzene rings is 5. The van der Waals surface area contributed by atoms with E-state index in [1.807, 2.05) is 55.8 Å². The van der Waals surface area contributed by atoms with E-state index in [4.69, 9.17) is 9.47 Å². The van der Waals surface area contributed by atoms with Crippen LogP contribution in [0.4, 0.5) is 0 Å². The lowest BCUT2D eigenvalue weighted by Gasteiger charge is -2.53. The molecule has 0 radical (unpaired) electrons. The van der Waals surface area contributed by atoms with Gasteiger partial charge in [-0.15, -0.1) is 0 Å². The number of methoxy groups -OCH3 is 1. The van der Waals surface area contributed by atoms with Gasteiger partial charge in [0.15, 0.2) is 28.8 Å². The van der Waals surface area contributed by atoms with Crippen molar-refractivity contribution in [2.75, 3.05) is 38.0 Å². The fourth-order valence-corrected chi connectivity index (χ4v) is 20.6. The number of aromatic hydroxyl groups is 3. The van der Waals surface area contributed by atoms with Crippen LogP contribution >= 0.6 is 43.2 Å². The summed E-state index contributed by atoms with van der Waals surface area (Å²) in [5.74, 6) is -0.520. The number of aromatic nitrogens is 1. The number of rotatable bonds is 9. The van der Waals surface area contributed by atoms with Crippen LogP contribution in [0.25, 0.3) is 10.8 Å². The number of carbonyl (C=O) groups is 1. The van der Waals surface area contributed by atoms with Crippen molar-refractivity contribution in [2.24, 2.45) is 23.7 Å². The van der Waals surface area contributed by atoms with Crippen LogP contribution in [0, 0.1) is 23.7 Å². The van der Waals surface area contributed by atoms with Gasteiger partial charge in [-0.2, -0.15) is 0 Å². The highest BCUT2D eigenvalue weighted by Gasteiger charge is 2.62. The fraction of sp³-hybridized carbons (Fsp3) is 0.492. The number of hydrogen-bond donors (Lipinski definition) is 8. The molecule has 2 aliphatic heterocycles. The van der Waals surface area contributed by atoms with Crippen molar-refractivity contribution in [1.82, 2.24) is 10.3 Å². The number of nitrogens with one attached hydrogen (secondary N) is 2. The number of Topliss-reactive ketones (excluding diaryl/α,β-unsaturated/α-hetero) is 1. The number of phenols is 3. The third-order valence-electron chi connectivity index (χ3n) is 19.1. The van der Waals surface area contributed by atoms with E-state index in [1.165, 1.54) is 0 Å². The van der Waals surface area contributed by atoms with E-state index in [-0.39, 0.29) is 53.3 Å². The van der Waals surface area contributed by atoms with Crippen LogP contribution in [-0.2, 0) is 41.4 Å². The quantitative estimate of drug-likeness (QED) is 0.0640. The first-order chi connectivity index (χ1) is 38.9. The van der Waals surface area contributed by atoms with Crippen LogP contribution in [0.3, 0.4) is 0 Å². The van der Waals surface area contributed by atoms with Gasteiger partial charge >= 0.3 is 0 Å². The first kappa shape index (κ1) is 57.4. The third-order valence-corrected chi connectivity index (χ3v) is 24.5. The monoisotopic (exact) mass is 1160 g/mol. The molecular formula is C65H78N2O9S4. The molecule has 3 fully saturated rings. The van der Waals surface area contributed by atoms with E-state index < -0.39 is 46.8 Å². The first-order valence-electron chi connectivity index (χ1n) is 29.0. The third kappa shape index (κ3) is 10.9. The Morgan fingerprint density at radius 3 is 2.39 bits per heavy atom. The van der Waals surface area contributed by atoms with Crippen molar-refractivity contribution in [3.05, 3.63) is 147 Å². The Morgan fingerprint density at radius 2 is 1.61 bits per heavy atom. The normalized spacial score (nSPS) is 28.4. The van der Waals surface area contributed by atoms with Gasteiger partial charge in [0.25, 0.3) is 0 Å². The van der Waals surface area contributed by atoms with Gasteiger partial charge in [0.05, 0.1) is 36.6 Å². The number of aliphatic hydroxyl groups is 3. The second-order valence-electron chi connectivity index (χ2n) is 23.3. The van der Waals surface area contributed by atoms with Gasteiger partial charge in [0.1, 0.15) is 11.9 Å². The number of hydrogen-bond acceptors (Lipinski definition) is 14. The van der Waals surface area contributed by atoms with Crippen molar-refractivity contribution < 1.29 is 44.9 Å². The lowest BCUT2D eigenvalue weighted by molar-refractivity contribution is -0.150. The molecule has 426 valence electrons. The Kier molecular flexibility index (Phi) is 17.8. The van der Waals surface area contributed by atoms with Crippen LogP contribution < -0.4 is 14.8 Å². The van der Waals surface area contributed by atoms with Crippen molar-refractivity contribution in [3.8, 4) is 28.7 Å². The Hall–Kier alpha value is -4.45. The summed E-state index contributed by atoms with van der Waals surface area (Å²) in [5, 5.41) is 79.9. The summed E-state index contributed by atoms with van der Waals surface area (Å²) < 4.78 is 13.0. The summed E-state index contributed by atoms with van der Waals surface area (Å²) in [6.07, 6.45) is 12.0. The summed E-state index contributed by atoms with van der Waals surface area (Å²) in [4.78, 5) is 20.7. The van der Waals surface area contributed by atoms with E-state index in [0.29, 0.717) is 47.8 Å². The largest absolute Gasteiger partial charge is 0.508 e. The summed E-state index contributed by atoms with van der Waals surface area (Å²) in [7, 11) is 10.1. The molecule has 3 aliphatic carbocycles. The number of aliphatic hydroxyl groups excluding tert-OH is 3. The molecule has 15 heteroatoms. The maximum absolute atomic E-state index is 17.5. The number of aryl methyl sites for hydroxylation is 1. The van der Waals surface area contributed by atoms with Crippen LogP contribution in [0.1, 0.15) is 132 Å². The highest BCUT2D eigenvalue weighted by atomic mass is 33.1. The number of fused-ring (bicyclic) bond motifs is 5. The average Bonchev–Trinajstić information content (AvgIpc) is 2.81. The number of ether oxygens (including phenoxy) is 2. The second kappa shape index (κ2) is 24.8. The minimum atomic E-state index is -1.73. The smallest absolute Gasteiger partial charge is 0.164 e. The van der Waals surface area contributed by atoms with Crippen LogP contribution in [0.5, 0.6) is 28.7 Å². The summed E-state index contributed by atoms with van der Waals surface area (Å²) in [6, 6.07) is 27.2. The lowest BCUT2D eigenvalue weighted by Crippen LogP contribution is -2.62. The fourth-order valence-electron chi connectivity index (χ4n) is 14.9. The van der Waals surface area contributed by atoms with Gasteiger partial charge < -0.3 is 50.4 Å². The number of aromatic amines is 1. The Balaban J connectivity index is 1.13. The molecule has 5 aliphatic rings. The van der Waals surface area contributed by atoms with E-state index in [9.17, 15) is 30.6 Å². The molecule has 11 rings (SSSR count). The van der Waals surface area contributed by atoms with Gasteiger partial charge in [-0.1, -0.05) is 124 Å². The molecule has 10 atom stereocenters. The summed E-state index contributed by atoms with van der Waals surface area (Å²) >= 11 is 0. The SMILES string of the molecule is CCc1ccc2cccc3c2c1Cc1c(ccc(O)c1OC)C[C@@H](Cc1cc[nH]c1)[C@H](O)[C@@H]1C(=O)[C@](c2cc(O)cc(C4(NC)CCCCC4)c2)([C@H]2CSSC[C@H]4CCCC[C@@H]4Oc4cc2ccc4O)[C@@H](O)C[C@H]1CSS[C@H]3CO. The second-order valence-corrected chi connectivity index (χ2v) is 28.5. The predicted molar refractivity (Wildman–Crippen MR) is 327 cm³/mol. The van der Waals surface area contributed by atoms with Crippen molar-refractivity contribution >= 4 is 59.7 Å². The molecule has 5 aromatic carbocycles. The number of ketones is 1. The van der Waals surface area contributed by atoms with Gasteiger partial charge in [0, 0.05) is 64.9 Å². The highest BCUT2D eigenvalue weighted by Crippen LogP contribution is 2.58. The van der Waals surface area contributed by atoms with Gasteiger partial charge in [-0.25, -0.2) is 0 Å². The molecule has 3 heterocycles. The number of carbonyl (C=O) groups excluding carboxylic acids is 1. The Morgan fingerprint density at radius 1 is 0.825 bits per heavy atom. The van der Waals surface area contributed by atoms with E-state index in [1.54, 1.807) is 68.5 Å². The summed E-state index contributed by atoms with van der Waals surface area (Å²) in [6.45, 7) is 1.99. The van der Waals surface area contributed by atoms with Crippen molar-refractivity contribution in [3.63, 3.8) is 0 Å². The summed E-state index contributed by atoms with van der Waals surface area (Å²) in [5.41, 5.74) is 5.72. The standard InChI is InChI=1S/C65H78N2O9S4/c1-4-39-15-16-40-12-10-13-49-57(34-68)80-79-36-45-28-58(72)65(47-29-46(30-48(69)31-47)64(66-2)22-8-5-9-23-64,52-37-78-77-35-43-11-6-7-14-55(43)76-56-27-42(52)18-19-53(56)70)63(74)60(45)61(73)44(25-38-21-24-67-33-38)26-41-17-20-54(71)62(75-3)51(41)32-50(39)59(40)49/h10,12-13,15-21,24,27,29-31,33,43-45,52,55,57-58,60-61,66-73H,4-9,11,14,22-23,25-26,28,32,34-37H2,1-3H3/t43-,44-,45+,52+,55+,57+,58+,60-,61+,65-/m1/s1. The first-order valence-corrected chi connectivity index (χ1v) is 33.9. The van der Waals surface area contributed by atoms with Gasteiger partial charge in [0.2, 0.25) is 0 Å². The number of H-pyrrole nitrogens is 1. The zero-order valence-electron chi connectivity index (χ0n) is 46.2. The van der Waals surface area contributed by atoms with Crippen LogP contribution in [0.2, 0.25) is 0 Å². The molecule has 2 bridgehead atoms. The maximum atomic E-state index is 17.5. The van der Waals surface area contributed by atoms with E-state index in [0.717, 1.165) is 125 Å². The molecule has 0 unspecified atom stereocenters.